The molecule has 1 aromatic rings. The van der Waals surface area contributed by atoms with Crippen molar-refractivity contribution < 1.29 is 19.1 Å². The van der Waals surface area contributed by atoms with E-state index in [4.69, 9.17) is 9.47 Å². The predicted molar refractivity (Wildman–Crippen MR) is 106 cm³/mol. The molecular weight excluding hydrogens is 382 g/mol. The number of halogens is 1. The molecule has 0 aliphatic carbocycles. The van der Waals surface area contributed by atoms with Gasteiger partial charge in [0.2, 0.25) is 11.8 Å². The average molecular weight is 408 g/mol. The first-order chi connectivity index (χ1) is 13.2. The van der Waals surface area contributed by atoms with Crippen LogP contribution in [0.3, 0.4) is 0 Å². The number of benzene rings is 1. The molecular formula is C20H26ClN3O4. The van der Waals surface area contributed by atoms with Crippen LogP contribution in [0.15, 0.2) is 18.2 Å². The van der Waals surface area contributed by atoms with Crippen molar-refractivity contribution in [3.8, 4) is 11.5 Å². The second-order valence-corrected chi connectivity index (χ2v) is 7.94. The third-order valence-electron chi connectivity index (χ3n) is 6.15. The Morgan fingerprint density at radius 2 is 1.82 bits per heavy atom. The second kappa shape index (κ2) is 7.79. The Hall–Kier alpha value is -1.99. The Balaban J connectivity index is 0.00000192. The Morgan fingerprint density at radius 3 is 2.68 bits per heavy atom. The van der Waals surface area contributed by atoms with Gasteiger partial charge in [-0.3, -0.25) is 9.59 Å². The smallest absolute Gasteiger partial charge is 0.228 e. The molecule has 0 aromatic heterocycles. The van der Waals surface area contributed by atoms with Gasteiger partial charge in [0.05, 0.1) is 5.92 Å². The molecule has 4 aliphatic rings. The van der Waals surface area contributed by atoms with Crippen LogP contribution in [0.25, 0.3) is 0 Å². The van der Waals surface area contributed by atoms with Crippen LogP contribution in [0.1, 0.15) is 25.7 Å². The van der Waals surface area contributed by atoms with Crippen molar-refractivity contribution in [1.29, 1.82) is 0 Å². The second-order valence-electron chi connectivity index (χ2n) is 7.94. The van der Waals surface area contributed by atoms with E-state index in [1.807, 2.05) is 23.1 Å². The van der Waals surface area contributed by atoms with Crippen molar-refractivity contribution >= 4 is 29.9 Å². The molecule has 4 aliphatic heterocycles. The first kappa shape index (κ1) is 19.3. The molecule has 2 amide bonds. The predicted octanol–water partition coefficient (Wildman–Crippen LogP) is 1.59. The van der Waals surface area contributed by atoms with Crippen molar-refractivity contribution in [2.75, 3.05) is 37.7 Å². The maximum Gasteiger partial charge on any atom is 0.228 e. The van der Waals surface area contributed by atoms with Gasteiger partial charge in [-0.2, -0.15) is 0 Å². The Bertz CT molecular complexity index is 774. The van der Waals surface area contributed by atoms with Crippen LogP contribution in [0.5, 0.6) is 11.5 Å². The number of ether oxygens (including phenoxy) is 2. The molecule has 3 unspecified atom stereocenters. The van der Waals surface area contributed by atoms with Crippen LogP contribution in [0.4, 0.5) is 5.69 Å². The first-order valence-electron chi connectivity index (χ1n) is 9.92. The Kier molecular flexibility index (Phi) is 5.38. The lowest BCUT2D eigenvalue weighted by Gasteiger charge is -2.27. The first-order valence-corrected chi connectivity index (χ1v) is 9.92. The maximum absolute atomic E-state index is 13.1. The van der Waals surface area contributed by atoms with E-state index in [0.29, 0.717) is 43.3 Å². The van der Waals surface area contributed by atoms with Gasteiger partial charge in [0.25, 0.3) is 0 Å². The van der Waals surface area contributed by atoms with Gasteiger partial charge in [-0.1, -0.05) is 0 Å². The number of amides is 2. The topological polar surface area (TPSA) is 71.1 Å². The van der Waals surface area contributed by atoms with Crippen molar-refractivity contribution in [3.63, 3.8) is 0 Å². The number of fused-ring (bicyclic) bond motifs is 3. The van der Waals surface area contributed by atoms with Crippen LogP contribution < -0.4 is 19.7 Å². The highest BCUT2D eigenvalue weighted by Gasteiger charge is 2.39. The Morgan fingerprint density at radius 1 is 1.04 bits per heavy atom. The molecule has 1 N–H and O–H groups in total. The van der Waals surface area contributed by atoms with Crippen molar-refractivity contribution in [3.05, 3.63) is 18.2 Å². The fraction of sp³-hybridized carbons (Fsp3) is 0.600. The van der Waals surface area contributed by atoms with Crippen LogP contribution in [-0.4, -0.2) is 61.6 Å². The van der Waals surface area contributed by atoms with Crippen molar-refractivity contribution in [2.24, 2.45) is 5.92 Å². The fourth-order valence-corrected chi connectivity index (χ4v) is 4.72. The lowest BCUT2D eigenvalue weighted by atomic mass is 10.0. The zero-order chi connectivity index (χ0) is 18.4. The van der Waals surface area contributed by atoms with Gasteiger partial charge in [-0.05, 0) is 31.4 Å². The van der Waals surface area contributed by atoms with E-state index < -0.39 is 0 Å². The highest BCUT2D eigenvalue weighted by atomic mass is 35.5. The molecule has 7 nitrogen and oxygen atoms in total. The maximum atomic E-state index is 13.1. The van der Waals surface area contributed by atoms with Gasteiger partial charge in [-0.25, -0.2) is 0 Å². The van der Waals surface area contributed by atoms with E-state index >= 15 is 0 Å². The number of carbonyl (C=O) groups excluding carboxylic acids is 2. The molecule has 4 heterocycles. The number of nitrogens with one attached hydrogen (secondary N) is 1. The number of anilines is 1. The van der Waals surface area contributed by atoms with Crippen LogP contribution in [0, 0.1) is 5.92 Å². The number of carbonyl (C=O) groups is 2. The molecule has 0 saturated carbocycles. The number of hydrogen-bond donors (Lipinski definition) is 1. The number of nitrogens with zero attached hydrogens (tertiary/aromatic N) is 2. The summed E-state index contributed by atoms with van der Waals surface area (Å²) in [4.78, 5) is 29.4. The number of likely N-dealkylation sites (tertiary alicyclic amines) is 1. The van der Waals surface area contributed by atoms with Crippen LogP contribution in [-0.2, 0) is 9.59 Å². The van der Waals surface area contributed by atoms with E-state index in [0.717, 1.165) is 31.6 Å². The summed E-state index contributed by atoms with van der Waals surface area (Å²) in [7, 11) is 0. The quantitative estimate of drug-likeness (QED) is 0.806. The zero-order valence-electron chi connectivity index (χ0n) is 15.8. The van der Waals surface area contributed by atoms with E-state index in [-0.39, 0.29) is 36.6 Å². The number of hydrogen-bond acceptors (Lipinski definition) is 5. The highest BCUT2D eigenvalue weighted by Crippen LogP contribution is 2.36. The van der Waals surface area contributed by atoms with E-state index in [9.17, 15) is 9.59 Å². The minimum Gasteiger partial charge on any atom is -0.486 e. The van der Waals surface area contributed by atoms with Gasteiger partial charge in [0.1, 0.15) is 13.2 Å². The standard InChI is InChI=1S/C20H25N3O4.ClH/c24-19-9-13(20(25)22-6-5-14-1-2-15(12-22)21-14)11-23(19)16-3-4-17-18(10-16)27-8-7-26-17;/h3-4,10,13-15,21H,1-2,5-9,11-12H2;1H. The SMILES string of the molecule is Cl.O=C(C1CC(=O)N(c2ccc3c(c2)OCCO3)C1)N1CCC2CCC(C1)N2. The molecule has 3 fully saturated rings. The van der Waals surface area contributed by atoms with Crippen molar-refractivity contribution in [2.45, 2.75) is 37.8 Å². The lowest BCUT2D eigenvalue weighted by Crippen LogP contribution is -2.42. The molecule has 3 atom stereocenters. The van der Waals surface area contributed by atoms with Crippen molar-refractivity contribution in [1.82, 2.24) is 10.2 Å². The largest absolute Gasteiger partial charge is 0.486 e. The fourth-order valence-electron chi connectivity index (χ4n) is 4.72. The van der Waals surface area contributed by atoms with Gasteiger partial charge in [0, 0.05) is 49.9 Å². The summed E-state index contributed by atoms with van der Waals surface area (Å²) < 4.78 is 11.2. The summed E-state index contributed by atoms with van der Waals surface area (Å²) >= 11 is 0. The molecule has 8 heteroatoms. The molecule has 0 radical (unpaired) electrons. The van der Waals surface area contributed by atoms with Crippen LogP contribution >= 0.6 is 12.4 Å². The highest BCUT2D eigenvalue weighted by molar-refractivity contribution is 6.00. The third-order valence-corrected chi connectivity index (χ3v) is 6.15. The molecule has 5 rings (SSSR count). The summed E-state index contributed by atoms with van der Waals surface area (Å²) in [5, 5.41) is 3.60. The summed E-state index contributed by atoms with van der Waals surface area (Å²) in [5.41, 5.74) is 0.774. The minimum atomic E-state index is -0.262. The molecule has 152 valence electrons. The van der Waals surface area contributed by atoms with Gasteiger partial charge >= 0.3 is 0 Å². The van der Waals surface area contributed by atoms with E-state index in [1.165, 1.54) is 6.42 Å². The van der Waals surface area contributed by atoms with Gasteiger partial charge in [0.15, 0.2) is 11.5 Å². The van der Waals surface area contributed by atoms with E-state index in [2.05, 4.69) is 5.32 Å². The molecule has 0 spiro atoms. The normalized spacial score (nSPS) is 28.7. The summed E-state index contributed by atoms with van der Waals surface area (Å²) in [6.45, 7) is 3.05. The van der Waals surface area contributed by atoms with Gasteiger partial charge < -0.3 is 24.6 Å². The zero-order valence-corrected chi connectivity index (χ0v) is 16.6. The monoisotopic (exact) mass is 407 g/mol. The summed E-state index contributed by atoms with van der Waals surface area (Å²) in [6, 6.07) is 6.50. The minimum absolute atomic E-state index is 0. The van der Waals surface area contributed by atoms with E-state index in [1.54, 1.807) is 4.90 Å². The molecule has 2 bridgehead atoms. The molecule has 28 heavy (non-hydrogen) atoms. The molecule has 3 saturated heterocycles. The summed E-state index contributed by atoms with van der Waals surface area (Å²) in [5.74, 6) is 1.23. The van der Waals surface area contributed by atoms with Crippen LogP contribution in [0.2, 0.25) is 0 Å². The average Bonchev–Trinajstić information content (AvgIpc) is 3.23. The summed E-state index contributed by atoms with van der Waals surface area (Å²) in [6.07, 6.45) is 3.65. The van der Waals surface area contributed by atoms with Gasteiger partial charge in [-0.15, -0.1) is 12.4 Å². The third kappa shape index (κ3) is 3.53. The number of rotatable bonds is 2. The Labute approximate surface area is 170 Å². The lowest BCUT2D eigenvalue weighted by molar-refractivity contribution is -0.136. The molecule has 1 aromatic carbocycles.